The number of nitrogens with zero attached hydrogens (tertiary/aromatic N) is 1. The molecule has 0 N–H and O–H groups in total. The summed E-state index contributed by atoms with van der Waals surface area (Å²) < 4.78 is 20.8. The topological polar surface area (TPSA) is 29.5 Å². The maximum atomic E-state index is 15.1. The molecule has 4 heteroatoms. The Morgan fingerprint density at radius 3 is 1.81 bits per heavy atom. The molecule has 0 saturated carbocycles. The van der Waals surface area contributed by atoms with Crippen molar-refractivity contribution in [2.24, 2.45) is 0 Å². The lowest BCUT2D eigenvalue weighted by molar-refractivity contribution is 0.0548. The van der Waals surface area contributed by atoms with Gasteiger partial charge in [-0.05, 0) is 30.1 Å². The third-order valence-corrected chi connectivity index (χ3v) is 9.54. The summed E-state index contributed by atoms with van der Waals surface area (Å²) in [5.74, 6) is 0. The molecular formula is C28H28NO2P. The summed E-state index contributed by atoms with van der Waals surface area (Å²) in [6, 6.07) is 30.5. The average Bonchev–Trinajstić information content (AvgIpc) is 3.29. The predicted molar refractivity (Wildman–Crippen MR) is 133 cm³/mol. The van der Waals surface area contributed by atoms with Crippen LogP contribution in [-0.2, 0) is 9.30 Å². The molecule has 0 unspecified atom stereocenters. The first-order chi connectivity index (χ1) is 15.8. The summed E-state index contributed by atoms with van der Waals surface area (Å²) in [5.41, 5.74) is 3.64. The molecule has 1 heterocycles. The molecule has 0 atom stereocenters. The first kappa shape index (κ1) is 21.0. The molecule has 0 spiro atoms. The second-order valence-corrected chi connectivity index (χ2v) is 11.0. The standard InChI is InChI=1S/C28H28NO2P/c30-32(25-12-6-2-7-13-25,26-14-8-3-9-15-26)27-17-16-24(22-23-10-4-1-5-11-23)28(27)29-18-20-31-21-19-29/h1-15,22H,16-21H2/b24-22+. The zero-order valence-electron chi connectivity index (χ0n) is 18.2. The summed E-state index contributed by atoms with van der Waals surface area (Å²) >= 11 is 0. The second kappa shape index (κ2) is 9.32. The summed E-state index contributed by atoms with van der Waals surface area (Å²) in [6.45, 7) is 3.07. The minimum Gasteiger partial charge on any atom is -0.378 e. The van der Waals surface area contributed by atoms with Crippen LogP contribution in [0.3, 0.4) is 0 Å². The van der Waals surface area contributed by atoms with Crippen LogP contribution in [0, 0.1) is 0 Å². The van der Waals surface area contributed by atoms with Gasteiger partial charge in [0.15, 0.2) is 7.14 Å². The number of hydrogen-bond acceptors (Lipinski definition) is 3. The van der Waals surface area contributed by atoms with E-state index >= 15 is 4.57 Å². The summed E-state index contributed by atoms with van der Waals surface area (Å²) in [7, 11) is -2.98. The normalized spacial score (nSPS) is 18.4. The average molecular weight is 442 g/mol. The van der Waals surface area contributed by atoms with Crippen molar-refractivity contribution < 1.29 is 9.30 Å². The van der Waals surface area contributed by atoms with Crippen LogP contribution in [0.25, 0.3) is 6.08 Å². The smallest absolute Gasteiger partial charge is 0.169 e. The fourth-order valence-electron chi connectivity index (χ4n) is 4.78. The number of allylic oxidation sites excluding steroid dienone is 2. The molecule has 0 radical (unpaired) electrons. The van der Waals surface area contributed by atoms with Gasteiger partial charge in [0.1, 0.15) is 0 Å². The highest BCUT2D eigenvalue weighted by atomic mass is 31.2. The molecule has 162 valence electrons. The van der Waals surface area contributed by atoms with Crippen molar-refractivity contribution in [3.05, 3.63) is 113 Å². The summed E-state index contributed by atoms with van der Waals surface area (Å²) in [4.78, 5) is 2.40. The number of hydrogen-bond donors (Lipinski definition) is 0. The van der Waals surface area contributed by atoms with Crippen LogP contribution in [-0.4, -0.2) is 31.2 Å². The van der Waals surface area contributed by atoms with Crippen molar-refractivity contribution in [3.8, 4) is 0 Å². The highest BCUT2D eigenvalue weighted by Crippen LogP contribution is 2.59. The van der Waals surface area contributed by atoms with Crippen LogP contribution < -0.4 is 10.6 Å². The van der Waals surface area contributed by atoms with Gasteiger partial charge in [-0.1, -0.05) is 91.0 Å². The van der Waals surface area contributed by atoms with Crippen LogP contribution >= 0.6 is 7.14 Å². The van der Waals surface area contributed by atoms with Crippen LogP contribution in [0.5, 0.6) is 0 Å². The molecular weight excluding hydrogens is 413 g/mol. The Kier molecular flexibility index (Phi) is 6.12. The van der Waals surface area contributed by atoms with E-state index in [4.69, 9.17) is 4.74 Å². The van der Waals surface area contributed by atoms with Gasteiger partial charge in [0.2, 0.25) is 0 Å². The first-order valence-corrected chi connectivity index (χ1v) is 13.0. The van der Waals surface area contributed by atoms with Crippen LogP contribution in [0.1, 0.15) is 18.4 Å². The molecule has 3 nitrogen and oxygen atoms in total. The zero-order valence-corrected chi connectivity index (χ0v) is 19.1. The lowest BCUT2D eigenvalue weighted by atomic mass is 10.1. The zero-order chi connectivity index (χ0) is 21.8. The Morgan fingerprint density at radius 2 is 1.25 bits per heavy atom. The Balaban J connectivity index is 1.73. The SMILES string of the molecule is O=P(C1=C(N2CCOCC2)/C(=C/c2ccccc2)CC1)(c1ccccc1)c1ccccc1. The number of benzene rings is 3. The predicted octanol–water partition coefficient (Wildman–Crippen LogP) is 5.42. The van der Waals surface area contributed by atoms with Gasteiger partial charge in [0.05, 0.1) is 13.2 Å². The van der Waals surface area contributed by atoms with E-state index in [0.717, 1.165) is 41.9 Å². The van der Waals surface area contributed by atoms with Crippen LogP contribution in [0.4, 0.5) is 0 Å². The third-order valence-electron chi connectivity index (χ3n) is 6.30. The molecule has 1 aliphatic heterocycles. The van der Waals surface area contributed by atoms with Crippen molar-refractivity contribution in [1.82, 2.24) is 4.90 Å². The van der Waals surface area contributed by atoms with E-state index < -0.39 is 7.14 Å². The van der Waals surface area contributed by atoms with Gasteiger partial charge in [-0.2, -0.15) is 0 Å². The number of morpholine rings is 1. The molecule has 32 heavy (non-hydrogen) atoms. The quantitative estimate of drug-likeness (QED) is 0.495. The van der Waals surface area contributed by atoms with Gasteiger partial charge >= 0.3 is 0 Å². The maximum Gasteiger partial charge on any atom is 0.169 e. The van der Waals surface area contributed by atoms with E-state index in [1.165, 1.54) is 16.8 Å². The van der Waals surface area contributed by atoms with Gasteiger partial charge in [-0.3, -0.25) is 0 Å². The van der Waals surface area contributed by atoms with Gasteiger partial charge in [-0.25, -0.2) is 0 Å². The van der Waals surface area contributed by atoms with E-state index in [2.05, 4.69) is 35.2 Å². The number of rotatable bonds is 5. The van der Waals surface area contributed by atoms with Crippen molar-refractivity contribution in [3.63, 3.8) is 0 Å². The van der Waals surface area contributed by atoms with Gasteiger partial charge in [0, 0.05) is 34.7 Å². The van der Waals surface area contributed by atoms with E-state index in [1.54, 1.807) is 0 Å². The Hall–Kier alpha value is -2.87. The Morgan fingerprint density at radius 1 is 0.719 bits per heavy atom. The number of ether oxygens (including phenoxy) is 1. The van der Waals surface area contributed by atoms with Gasteiger partial charge in [-0.15, -0.1) is 0 Å². The largest absolute Gasteiger partial charge is 0.378 e. The fraction of sp³-hybridized carbons (Fsp3) is 0.214. The fourth-order valence-corrected chi connectivity index (χ4v) is 7.90. The maximum absolute atomic E-state index is 15.1. The first-order valence-electron chi connectivity index (χ1n) is 11.3. The van der Waals surface area contributed by atoms with Crippen molar-refractivity contribution >= 4 is 23.8 Å². The highest BCUT2D eigenvalue weighted by molar-refractivity contribution is 7.82. The molecule has 0 bridgehead atoms. The summed E-state index contributed by atoms with van der Waals surface area (Å²) in [6.07, 6.45) is 3.99. The van der Waals surface area contributed by atoms with Gasteiger partial charge in [0.25, 0.3) is 0 Å². The van der Waals surface area contributed by atoms with Crippen LogP contribution in [0.2, 0.25) is 0 Å². The van der Waals surface area contributed by atoms with Crippen LogP contribution in [0.15, 0.2) is 108 Å². The van der Waals surface area contributed by atoms with Crippen molar-refractivity contribution in [1.29, 1.82) is 0 Å². The van der Waals surface area contributed by atoms with E-state index in [9.17, 15) is 0 Å². The highest BCUT2D eigenvalue weighted by Gasteiger charge is 2.39. The molecule has 1 saturated heterocycles. The third kappa shape index (κ3) is 3.99. The summed E-state index contributed by atoms with van der Waals surface area (Å²) in [5, 5.41) is 2.90. The molecule has 0 amide bonds. The van der Waals surface area contributed by atoms with E-state index in [0.29, 0.717) is 13.2 Å². The minimum atomic E-state index is -2.98. The van der Waals surface area contributed by atoms with E-state index in [1.807, 2.05) is 66.7 Å². The molecule has 5 rings (SSSR count). The lowest BCUT2D eigenvalue weighted by Crippen LogP contribution is -2.36. The second-order valence-electron chi connectivity index (χ2n) is 8.26. The Labute approximate surface area is 190 Å². The molecule has 2 aliphatic rings. The lowest BCUT2D eigenvalue weighted by Gasteiger charge is -2.33. The molecule has 1 aliphatic carbocycles. The molecule has 0 aromatic heterocycles. The Bertz CT molecular complexity index is 1120. The molecule has 1 fully saturated rings. The monoisotopic (exact) mass is 441 g/mol. The van der Waals surface area contributed by atoms with Crippen molar-refractivity contribution in [2.45, 2.75) is 12.8 Å². The van der Waals surface area contributed by atoms with Gasteiger partial charge < -0.3 is 14.2 Å². The molecule has 3 aromatic rings. The molecule has 3 aromatic carbocycles. The van der Waals surface area contributed by atoms with E-state index in [-0.39, 0.29) is 0 Å². The minimum absolute atomic E-state index is 0.705. The van der Waals surface area contributed by atoms with Crippen molar-refractivity contribution in [2.75, 3.05) is 26.3 Å².